The SMILES string of the molecule is CB(O)NCc1cnn(-c2ccncc2NC(=O)c2ccnc(Cl)n2)c1. The van der Waals surface area contributed by atoms with Crippen molar-refractivity contribution >= 4 is 30.2 Å². The van der Waals surface area contributed by atoms with Gasteiger partial charge in [-0.1, -0.05) is 0 Å². The van der Waals surface area contributed by atoms with Crippen molar-refractivity contribution in [2.75, 3.05) is 5.32 Å². The molecule has 9 nitrogen and oxygen atoms in total. The fourth-order valence-corrected chi connectivity index (χ4v) is 2.33. The summed E-state index contributed by atoms with van der Waals surface area (Å²) < 4.78 is 1.61. The number of nitrogens with zero attached hydrogens (tertiary/aromatic N) is 5. The van der Waals surface area contributed by atoms with Crippen LogP contribution in [-0.2, 0) is 6.54 Å². The minimum atomic E-state index is -0.617. The van der Waals surface area contributed by atoms with E-state index in [4.69, 9.17) is 11.6 Å². The fraction of sp³-hybridized carbons (Fsp3) is 0.133. The second kappa shape index (κ2) is 8.04. The van der Waals surface area contributed by atoms with Crippen molar-refractivity contribution in [2.45, 2.75) is 13.4 Å². The molecule has 0 saturated heterocycles. The van der Waals surface area contributed by atoms with Gasteiger partial charge in [0.15, 0.2) is 0 Å². The molecule has 3 rings (SSSR count). The molecular weight excluding hydrogens is 356 g/mol. The largest absolute Gasteiger partial charge is 0.437 e. The van der Waals surface area contributed by atoms with E-state index in [-0.39, 0.29) is 11.0 Å². The highest BCUT2D eigenvalue weighted by Crippen LogP contribution is 2.19. The van der Waals surface area contributed by atoms with E-state index in [1.165, 1.54) is 18.5 Å². The Balaban J connectivity index is 1.81. The first-order valence-corrected chi connectivity index (χ1v) is 8.10. The summed E-state index contributed by atoms with van der Waals surface area (Å²) in [7, 11) is -0.617. The third-order valence-corrected chi connectivity index (χ3v) is 3.57. The number of carbonyl (C=O) groups is 1. The lowest BCUT2D eigenvalue weighted by Gasteiger charge is -2.10. The number of halogens is 1. The number of anilines is 1. The minimum Gasteiger partial charge on any atom is -0.437 e. The number of hydrogen-bond acceptors (Lipinski definition) is 7. The van der Waals surface area contributed by atoms with Gasteiger partial charge in [-0.15, -0.1) is 0 Å². The van der Waals surface area contributed by atoms with Gasteiger partial charge in [0, 0.05) is 30.7 Å². The van der Waals surface area contributed by atoms with Gasteiger partial charge in [0.2, 0.25) is 5.28 Å². The highest BCUT2D eigenvalue weighted by atomic mass is 35.5. The Bertz CT molecular complexity index is 918. The maximum absolute atomic E-state index is 12.4. The van der Waals surface area contributed by atoms with Crippen LogP contribution in [0, 0.1) is 0 Å². The molecule has 0 aromatic carbocycles. The molecule has 0 aliphatic rings. The molecule has 0 unspecified atom stereocenters. The summed E-state index contributed by atoms with van der Waals surface area (Å²) in [5.74, 6) is -0.438. The van der Waals surface area contributed by atoms with E-state index in [2.05, 4.69) is 30.6 Å². The second-order valence-electron chi connectivity index (χ2n) is 5.41. The summed E-state index contributed by atoms with van der Waals surface area (Å²) in [6, 6.07) is 3.19. The van der Waals surface area contributed by atoms with Crippen molar-refractivity contribution in [2.24, 2.45) is 0 Å². The smallest absolute Gasteiger partial charge is 0.373 e. The third kappa shape index (κ3) is 4.42. The van der Waals surface area contributed by atoms with Gasteiger partial charge in [0.1, 0.15) is 5.69 Å². The van der Waals surface area contributed by atoms with Gasteiger partial charge in [-0.3, -0.25) is 9.78 Å². The van der Waals surface area contributed by atoms with Gasteiger partial charge in [-0.25, -0.2) is 14.6 Å². The molecule has 26 heavy (non-hydrogen) atoms. The first-order chi connectivity index (χ1) is 12.5. The van der Waals surface area contributed by atoms with Gasteiger partial charge in [0.05, 0.1) is 23.8 Å². The van der Waals surface area contributed by atoms with E-state index in [1.54, 1.807) is 36.2 Å². The number of carbonyl (C=O) groups excluding carboxylic acids is 1. The Morgan fingerprint density at radius 3 is 2.96 bits per heavy atom. The van der Waals surface area contributed by atoms with Crippen molar-refractivity contribution in [3.63, 3.8) is 0 Å². The lowest BCUT2D eigenvalue weighted by atomic mass is 9.89. The maximum Gasteiger partial charge on any atom is 0.373 e. The lowest BCUT2D eigenvalue weighted by Crippen LogP contribution is -2.29. The van der Waals surface area contributed by atoms with Crippen molar-refractivity contribution in [3.05, 3.63) is 59.7 Å². The zero-order chi connectivity index (χ0) is 18.5. The molecule has 3 aromatic rings. The molecule has 0 radical (unpaired) electrons. The highest BCUT2D eigenvalue weighted by Gasteiger charge is 2.13. The number of nitrogens with one attached hydrogen (secondary N) is 2. The number of aromatic nitrogens is 5. The van der Waals surface area contributed by atoms with Crippen LogP contribution < -0.4 is 10.5 Å². The van der Waals surface area contributed by atoms with E-state index in [1.807, 2.05) is 0 Å². The van der Waals surface area contributed by atoms with Gasteiger partial charge in [0.25, 0.3) is 5.91 Å². The van der Waals surface area contributed by atoms with Crippen LogP contribution in [-0.4, -0.2) is 42.7 Å². The average Bonchev–Trinajstić information content (AvgIpc) is 3.09. The van der Waals surface area contributed by atoms with Crippen molar-refractivity contribution in [1.82, 2.24) is 30.0 Å². The predicted octanol–water partition coefficient (Wildman–Crippen LogP) is 1.16. The van der Waals surface area contributed by atoms with E-state index in [0.29, 0.717) is 17.9 Å². The molecule has 132 valence electrons. The maximum atomic E-state index is 12.4. The number of hydrogen-bond donors (Lipinski definition) is 3. The fourth-order valence-electron chi connectivity index (χ4n) is 2.18. The Morgan fingerprint density at radius 2 is 2.19 bits per heavy atom. The first-order valence-electron chi connectivity index (χ1n) is 7.72. The Hall–Kier alpha value is -2.82. The minimum absolute atomic E-state index is 0.00797. The highest BCUT2D eigenvalue weighted by molar-refractivity contribution is 6.45. The normalized spacial score (nSPS) is 10.6. The van der Waals surface area contributed by atoms with E-state index >= 15 is 0 Å². The molecular formula is C15H15BClN7O2. The molecule has 3 heterocycles. The number of amides is 1. The summed E-state index contributed by atoms with van der Waals surface area (Å²) >= 11 is 5.72. The van der Waals surface area contributed by atoms with E-state index in [0.717, 1.165) is 5.56 Å². The quantitative estimate of drug-likeness (QED) is 0.439. The summed E-state index contributed by atoms with van der Waals surface area (Å²) in [5, 5.41) is 19.2. The standard InChI is InChI=1S/C15H15BClN7O2/c1-16(26)20-6-10-7-21-24(9-10)13-3-4-18-8-12(13)22-14(25)11-2-5-19-15(17)23-11/h2-5,7-9,20,26H,6H2,1H3,(H,22,25). The average molecular weight is 372 g/mol. The van der Waals surface area contributed by atoms with Crippen LogP contribution >= 0.6 is 11.6 Å². The van der Waals surface area contributed by atoms with Crippen molar-refractivity contribution < 1.29 is 9.82 Å². The third-order valence-electron chi connectivity index (χ3n) is 3.39. The summed E-state index contributed by atoms with van der Waals surface area (Å²) in [6.07, 6.45) is 7.99. The summed E-state index contributed by atoms with van der Waals surface area (Å²) in [4.78, 5) is 24.1. The van der Waals surface area contributed by atoms with Crippen LogP contribution in [0.2, 0.25) is 12.1 Å². The molecule has 0 spiro atoms. The van der Waals surface area contributed by atoms with Gasteiger partial charge in [-0.05, 0) is 30.6 Å². The summed E-state index contributed by atoms with van der Waals surface area (Å²) in [6.45, 7) is 2.10. The Labute approximate surface area is 154 Å². The van der Waals surface area contributed by atoms with Crippen molar-refractivity contribution in [1.29, 1.82) is 0 Å². The molecule has 0 saturated carbocycles. The molecule has 0 atom stereocenters. The zero-order valence-electron chi connectivity index (χ0n) is 13.8. The van der Waals surface area contributed by atoms with Gasteiger partial charge < -0.3 is 15.6 Å². The second-order valence-corrected chi connectivity index (χ2v) is 5.75. The van der Waals surface area contributed by atoms with Crippen LogP contribution in [0.25, 0.3) is 5.69 Å². The first kappa shape index (κ1) is 18.0. The zero-order valence-corrected chi connectivity index (χ0v) is 14.6. The molecule has 11 heteroatoms. The van der Waals surface area contributed by atoms with Crippen LogP contribution in [0.3, 0.4) is 0 Å². The molecule has 0 aliphatic carbocycles. The molecule has 0 fully saturated rings. The van der Waals surface area contributed by atoms with Gasteiger partial charge >= 0.3 is 7.05 Å². The Morgan fingerprint density at radius 1 is 1.35 bits per heavy atom. The van der Waals surface area contributed by atoms with Crippen LogP contribution in [0.4, 0.5) is 5.69 Å². The van der Waals surface area contributed by atoms with Crippen LogP contribution in [0.1, 0.15) is 16.1 Å². The predicted molar refractivity (Wildman–Crippen MR) is 97.0 cm³/mol. The molecule has 3 aromatic heterocycles. The lowest BCUT2D eigenvalue weighted by molar-refractivity contribution is 0.102. The molecule has 1 amide bonds. The monoisotopic (exact) mass is 371 g/mol. The molecule has 0 aliphatic heterocycles. The van der Waals surface area contributed by atoms with Gasteiger partial charge in [-0.2, -0.15) is 5.10 Å². The van der Waals surface area contributed by atoms with Crippen molar-refractivity contribution in [3.8, 4) is 5.69 Å². The molecule has 0 bridgehead atoms. The summed E-state index contributed by atoms with van der Waals surface area (Å²) in [5.41, 5.74) is 2.12. The molecule has 3 N–H and O–H groups in total. The van der Waals surface area contributed by atoms with E-state index < -0.39 is 13.0 Å². The Kier molecular flexibility index (Phi) is 5.57. The topological polar surface area (TPSA) is 118 Å². The van der Waals surface area contributed by atoms with Crippen LogP contribution in [0.15, 0.2) is 43.1 Å². The van der Waals surface area contributed by atoms with E-state index in [9.17, 15) is 9.82 Å². The number of rotatable bonds is 6. The van der Waals surface area contributed by atoms with Crippen LogP contribution in [0.5, 0.6) is 0 Å². The number of pyridine rings is 1.